The van der Waals surface area contributed by atoms with Crippen LogP contribution in [0.1, 0.15) is 37.6 Å². The SMILES string of the molecule is CCCS(=O)Nc1cccc(-c2nc(CCC3CCNCC3)sc2-c2ccnc(N)n2)c1F. The molecule has 7 nitrogen and oxygen atoms in total. The van der Waals surface area contributed by atoms with E-state index >= 15 is 4.39 Å². The molecule has 0 radical (unpaired) electrons. The number of benzene rings is 1. The summed E-state index contributed by atoms with van der Waals surface area (Å²) in [5, 5.41) is 4.35. The Morgan fingerprint density at radius 2 is 2.09 bits per heavy atom. The van der Waals surface area contributed by atoms with E-state index in [-0.39, 0.29) is 11.6 Å². The van der Waals surface area contributed by atoms with Gasteiger partial charge in [-0.15, -0.1) is 11.3 Å². The molecule has 0 amide bonds. The highest BCUT2D eigenvalue weighted by Crippen LogP contribution is 2.39. The molecular weight excluding hydrogens is 459 g/mol. The molecule has 4 N–H and O–H groups in total. The largest absolute Gasteiger partial charge is 0.368 e. The zero-order chi connectivity index (χ0) is 23.2. The van der Waals surface area contributed by atoms with Gasteiger partial charge in [0.2, 0.25) is 5.95 Å². The Bertz CT molecular complexity index is 1120. The minimum atomic E-state index is -1.34. The molecule has 1 fully saturated rings. The van der Waals surface area contributed by atoms with Crippen molar-refractivity contribution >= 4 is 34.0 Å². The lowest BCUT2D eigenvalue weighted by atomic mass is 9.93. The van der Waals surface area contributed by atoms with E-state index < -0.39 is 16.8 Å². The molecule has 1 atom stereocenters. The van der Waals surface area contributed by atoms with Crippen LogP contribution < -0.4 is 15.8 Å². The number of nitrogen functional groups attached to an aromatic ring is 1. The van der Waals surface area contributed by atoms with E-state index in [4.69, 9.17) is 10.7 Å². The van der Waals surface area contributed by atoms with Crippen LogP contribution in [0.25, 0.3) is 21.8 Å². The van der Waals surface area contributed by atoms with E-state index in [1.807, 2.05) is 6.92 Å². The molecule has 0 saturated carbocycles. The van der Waals surface area contributed by atoms with Gasteiger partial charge in [0.1, 0.15) is 11.0 Å². The first-order valence-corrected chi connectivity index (χ1v) is 13.4. The summed E-state index contributed by atoms with van der Waals surface area (Å²) in [5.41, 5.74) is 7.53. The van der Waals surface area contributed by atoms with Gasteiger partial charge in [-0.05, 0) is 69.3 Å². The summed E-state index contributed by atoms with van der Waals surface area (Å²) in [5.74, 6) is 0.816. The highest BCUT2D eigenvalue weighted by Gasteiger charge is 2.22. The van der Waals surface area contributed by atoms with Crippen molar-refractivity contribution in [3.8, 4) is 21.8 Å². The summed E-state index contributed by atoms with van der Waals surface area (Å²) in [6.07, 6.45) is 6.57. The number of aryl methyl sites for hydroxylation is 1. The predicted octanol–water partition coefficient (Wildman–Crippen LogP) is 4.41. The van der Waals surface area contributed by atoms with Crippen molar-refractivity contribution in [2.75, 3.05) is 29.3 Å². The molecule has 10 heteroatoms. The monoisotopic (exact) mass is 488 g/mol. The minimum Gasteiger partial charge on any atom is -0.368 e. The molecule has 176 valence electrons. The summed E-state index contributed by atoms with van der Waals surface area (Å²) >= 11 is 1.52. The fraction of sp³-hybridized carbons (Fsp3) is 0.435. The molecule has 3 heterocycles. The lowest BCUT2D eigenvalue weighted by Crippen LogP contribution is -2.27. The standard InChI is InChI=1S/C23H29FN6OS2/c1-2-14-33(31)30-17-5-3-4-16(20(17)24)21-22(18-10-13-27-23(25)28-18)32-19(29-21)7-6-15-8-11-26-12-9-15/h3-5,10,13,15,26,30H,2,6-9,11-12,14H2,1H3,(H2,25,27,28). The van der Waals surface area contributed by atoms with Gasteiger partial charge in [0.25, 0.3) is 0 Å². The van der Waals surface area contributed by atoms with Gasteiger partial charge in [0.05, 0.1) is 27.0 Å². The molecular formula is C23H29FN6OS2. The maximum atomic E-state index is 15.5. The van der Waals surface area contributed by atoms with Crippen LogP contribution >= 0.6 is 11.3 Å². The van der Waals surface area contributed by atoms with E-state index in [1.54, 1.807) is 30.5 Å². The number of halogens is 1. The van der Waals surface area contributed by atoms with Crippen LogP contribution in [0.4, 0.5) is 16.0 Å². The highest BCUT2D eigenvalue weighted by atomic mass is 32.2. The van der Waals surface area contributed by atoms with Crippen LogP contribution in [-0.2, 0) is 17.4 Å². The van der Waals surface area contributed by atoms with E-state index in [2.05, 4.69) is 20.0 Å². The summed E-state index contributed by atoms with van der Waals surface area (Å²) in [7, 11) is -1.34. The van der Waals surface area contributed by atoms with Crippen molar-refractivity contribution in [3.63, 3.8) is 0 Å². The van der Waals surface area contributed by atoms with Crippen LogP contribution in [0.5, 0.6) is 0 Å². The maximum absolute atomic E-state index is 15.5. The van der Waals surface area contributed by atoms with Gasteiger partial charge >= 0.3 is 0 Å². The van der Waals surface area contributed by atoms with Crippen LogP contribution in [-0.4, -0.2) is 38.0 Å². The van der Waals surface area contributed by atoms with Gasteiger partial charge in [0.15, 0.2) is 5.82 Å². The van der Waals surface area contributed by atoms with Gasteiger partial charge in [-0.3, -0.25) is 0 Å². The smallest absolute Gasteiger partial charge is 0.220 e. The molecule has 0 aliphatic carbocycles. The maximum Gasteiger partial charge on any atom is 0.220 e. The Kier molecular flexibility index (Phi) is 8.00. The van der Waals surface area contributed by atoms with Gasteiger partial charge in [0, 0.05) is 17.5 Å². The third kappa shape index (κ3) is 5.93. The van der Waals surface area contributed by atoms with Gasteiger partial charge in [-0.25, -0.2) is 23.6 Å². The number of aromatic nitrogens is 3. The first kappa shape index (κ1) is 23.7. The number of nitrogens with zero attached hydrogens (tertiary/aromatic N) is 3. The van der Waals surface area contributed by atoms with Gasteiger partial charge in [-0.1, -0.05) is 13.0 Å². The fourth-order valence-electron chi connectivity index (χ4n) is 3.98. The summed E-state index contributed by atoms with van der Waals surface area (Å²) < 4.78 is 30.5. The lowest BCUT2D eigenvalue weighted by molar-refractivity contribution is 0.354. The number of thiazole rings is 1. The second-order valence-corrected chi connectivity index (χ2v) is 10.5. The molecule has 4 rings (SSSR count). The quantitative estimate of drug-likeness (QED) is 0.412. The third-order valence-electron chi connectivity index (χ3n) is 5.67. The molecule has 1 aromatic carbocycles. The number of hydrogen-bond donors (Lipinski definition) is 3. The van der Waals surface area contributed by atoms with E-state index in [0.717, 1.165) is 42.2 Å². The molecule has 1 aliphatic heterocycles. The molecule has 0 bridgehead atoms. The zero-order valence-corrected chi connectivity index (χ0v) is 20.3. The highest BCUT2D eigenvalue weighted by molar-refractivity contribution is 7.86. The molecule has 0 spiro atoms. The van der Waals surface area contributed by atoms with Crippen molar-refractivity contribution in [2.24, 2.45) is 5.92 Å². The number of anilines is 2. The summed E-state index contributed by atoms with van der Waals surface area (Å²) in [4.78, 5) is 13.9. The third-order valence-corrected chi connectivity index (χ3v) is 8.03. The first-order chi connectivity index (χ1) is 16.0. The first-order valence-electron chi connectivity index (χ1n) is 11.3. The Morgan fingerprint density at radius 1 is 1.27 bits per heavy atom. The van der Waals surface area contributed by atoms with Crippen LogP contribution in [0.2, 0.25) is 0 Å². The van der Waals surface area contributed by atoms with Crippen molar-refractivity contribution in [1.29, 1.82) is 0 Å². The Balaban J connectivity index is 1.68. The Labute approximate surface area is 200 Å². The van der Waals surface area contributed by atoms with Crippen LogP contribution in [0, 0.1) is 11.7 Å². The number of rotatable bonds is 9. The second kappa shape index (κ2) is 11.1. The minimum absolute atomic E-state index is 0.161. The molecule has 33 heavy (non-hydrogen) atoms. The molecule has 1 unspecified atom stereocenters. The molecule has 3 aromatic rings. The topological polar surface area (TPSA) is 106 Å². The predicted molar refractivity (Wildman–Crippen MR) is 134 cm³/mol. The zero-order valence-electron chi connectivity index (χ0n) is 18.6. The number of nitrogens with two attached hydrogens (primary N) is 1. The normalized spacial score (nSPS) is 15.5. The van der Waals surface area contributed by atoms with E-state index in [0.29, 0.717) is 28.6 Å². The van der Waals surface area contributed by atoms with Crippen molar-refractivity contribution in [2.45, 2.75) is 39.0 Å². The second-order valence-electron chi connectivity index (χ2n) is 8.14. The van der Waals surface area contributed by atoms with Gasteiger partial charge < -0.3 is 15.8 Å². The number of hydrogen-bond acceptors (Lipinski definition) is 7. The Hall–Kier alpha value is -2.43. The van der Waals surface area contributed by atoms with Crippen LogP contribution in [0.15, 0.2) is 30.5 Å². The number of nitrogens with one attached hydrogen (secondary N) is 2. The van der Waals surface area contributed by atoms with Crippen molar-refractivity contribution < 1.29 is 8.60 Å². The summed E-state index contributed by atoms with van der Waals surface area (Å²) in [6, 6.07) is 6.80. The molecule has 1 saturated heterocycles. The van der Waals surface area contributed by atoms with Gasteiger partial charge in [-0.2, -0.15) is 0 Å². The average Bonchev–Trinajstić information content (AvgIpc) is 3.24. The molecule has 1 aliphatic rings. The molecule has 2 aromatic heterocycles. The average molecular weight is 489 g/mol. The van der Waals surface area contributed by atoms with E-state index in [1.165, 1.54) is 24.2 Å². The van der Waals surface area contributed by atoms with Crippen molar-refractivity contribution in [1.82, 2.24) is 20.3 Å². The van der Waals surface area contributed by atoms with Crippen molar-refractivity contribution in [3.05, 3.63) is 41.3 Å². The fourth-order valence-corrected chi connectivity index (χ4v) is 5.92. The van der Waals surface area contributed by atoms with E-state index in [9.17, 15) is 4.21 Å². The van der Waals surface area contributed by atoms with Crippen LogP contribution in [0.3, 0.4) is 0 Å². The lowest BCUT2D eigenvalue weighted by Gasteiger charge is -2.21. The Morgan fingerprint density at radius 3 is 2.85 bits per heavy atom. The summed E-state index contributed by atoms with van der Waals surface area (Å²) in [6.45, 7) is 4.06. The number of piperidine rings is 1.